The van der Waals surface area contributed by atoms with Crippen LogP contribution in [-0.2, 0) is 11.8 Å². The summed E-state index contributed by atoms with van der Waals surface area (Å²) in [6.45, 7) is 3.97. The molecule has 18 heavy (non-hydrogen) atoms. The summed E-state index contributed by atoms with van der Waals surface area (Å²) in [5, 5.41) is 12.9. The monoisotopic (exact) mass is 265 g/mol. The molecule has 0 bridgehead atoms. The lowest BCUT2D eigenvalue weighted by atomic mass is 9.94. The van der Waals surface area contributed by atoms with Crippen LogP contribution >= 0.6 is 0 Å². The Morgan fingerprint density at radius 1 is 1.28 bits per heavy atom. The molecule has 2 nitrogen and oxygen atoms in total. The summed E-state index contributed by atoms with van der Waals surface area (Å²) >= 11 is 0. The van der Waals surface area contributed by atoms with Gasteiger partial charge in [0.25, 0.3) is 0 Å². The highest BCUT2D eigenvalue weighted by molar-refractivity contribution is 5.30. The molecule has 1 aromatic rings. The van der Waals surface area contributed by atoms with Crippen LogP contribution in [0.2, 0.25) is 0 Å². The fourth-order valence-electron chi connectivity index (χ4n) is 1.55. The molecule has 0 saturated carbocycles. The highest BCUT2D eigenvalue weighted by Crippen LogP contribution is 2.33. The van der Waals surface area contributed by atoms with Gasteiger partial charge in [-0.1, -0.05) is 13.0 Å². The first-order chi connectivity index (χ1) is 8.18. The molecule has 2 N–H and O–H groups in total. The van der Waals surface area contributed by atoms with Crippen LogP contribution in [0.4, 0.5) is 17.6 Å². The van der Waals surface area contributed by atoms with Gasteiger partial charge in [0.15, 0.2) is 0 Å². The average molecular weight is 265 g/mol. The normalized spacial score (nSPS) is 15.5. The zero-order valence-electron chi connectivity index (χ0n) is 10.1. The maximum atomic E-state index is 13.3. The van der Waals surface area contributed by atoms with E-state index in [1.54, 1.807) is 0 Å². The van der Waals surface area contributed by atoms with Gasteiger partial charge in [-0.25, -0.2) is 4.39 Å². The van der Waals surface area contributed by atoms with Gasteiger partial charge in [-0.15, -0.1) is 0 Å². The van der Waals surface area contributed by atoms with Crippen molar-refractivity contribution >= 4 is 0 Å². The third-order valence-corrected chi connectivity index (χ3v) is 2.62. The summed E-state index contributed by atoms with van der Waals surface area (Å²) < 4.78 is 50.4. The lowest BCUT2D eigenvalue weighted by molar-refractivity contribution is -0.140. The van der Waals surface area contributed by atoms with Crippen LogP contribution in [0.3, 0.4) is 0 Å². The Bertz CT molecular complexity index is 415. The van der Waals surface area contributed by atoms with Gasteiger partial charge in [0, 0.05) is 6.54 Å². The molecule has 0 heterocycles. The first kappa shape index (κ1) is 14.9. The minimum absolute atomic E-state index is 0.106. The second-order valence-electron chi connectivity index (χ2n) is 4.25. The van der Waals surface area contributed by atoms with E-state index < -0.39 is 23.2 Å². The standard InChI is InChI=1S/C12H15F4NO/c1-3-17-7-11(2,18)8-4-5-9(10(13)6-8)12(14,15)16/h4-6,17-18H,3,7H2,1-2H3. The van der Waals surface area contributed by atoms with Crippen molar-refractivity contribution in [1.82, 2.24) is 5.32 Å². The number of hydrogen-bond donors (Lipinski definition) is 2. The van der Waals surface area contributed by atoms with Crippen LogP contribution in [-0.4, -0.2) is 18.2 Å². The molecule has 0 spiro atoms. The first-order valence-electron chi connectivity index (χ1n) is 5.49. The Hall–Kier alpha value is -1.14. The van der Waals surface area contributed by atoms with Gasteiger partial charge in [-0.05, 0) is 31.2 Å². The van der Waals surface area contributed by atoms with E-state index in [4.69, 9.17) is 0 Å². The molecule has 0 amide bonds. The molecule has 0 aromatic heterocycles. The summed E-state index contributed by atoms with van der Waals surface area (Å²) in [4.78, 5) is 0. The SMILES string of the molecule is CCNCC(C)(O)c1ccc(C(F)(F)F)c(F)c1. The van der Waals surface area contributed by atoms with Gasteiger partial charge in [-0.3, -0.25) is 0 Å². The van der Waals surface area contributed by atoms with E-state index in [2.05, 4.69) is 5.32 Å². The number of rotatable bonds is 4. The van der Waals surface area contributed by atoms with Crippen molar-refractivity contribution in [2.24, 2.45) is 0 Å². The number of alkyl halides is 3. The number of benzene rings is 1. The molecule has 0 radical (unpaired) electrons. The number of nitrogens with one attached hydrogen (secondary N) is 1. The van der Waals surface area contributed by atoms with Gasteiger partial charge in [0.05, 0.1) is 11.2 Å². The van der Waals surface area contributed by atoms with E-state index >= 15 is 0 Å². The van der Waals surface area contributed by atoms with Crippen LogP contribution in [0, 0.1) is 5.82 Å². The summed E-state index contributed by atoms with van der Waals surface area (Å²) in [6, 6.07) is 2.45. The molecule has 0 saturated heterocycles. The summed E-state index contributed by atoms with van der Waals surface area (Å²) in [7, 11) is 0. The number of aliphatic hydroxyl groups is 1. The first-order valence-corrected chi connectivity index (χ1v) is 5.49. The molecule has 0 aliphatic heterocycles. The highest BCUT2D eigenvalue weighted by atomic mass is 19.4. The van der Waals surface area contributed by atoms with E-state index in [1.807, 2.05) is 6.92 Å². The van der Waals surface area contributed by atoms with Gasteiger partial charge in [-0.2, -0.15) is 13.2 Å². The van der Waals surface area contributed by atoms with Gasteiger partial charge >= 0.3 is 6.18 Å². The fraction of sp³-hybridized carbons (Fsp3) is 0.500. The van der Waals surface area contributed by atoms with Crippen LogP contribution in [0.1, 0.15) is 25.0 Å². The van der Waals surface area contributed by atoms with Crippen LogP contribution in [0.25, 0.3) is 0 Å². The van der Waals surface area contributed by atoms with E-state index in [-0.39, 0.29) is 12.1 Å². The van der Waals surface area contributed by atoms with Crippen molar-refractivity contribution < 1.29 is 22.7 Å². The van der Waals surface area contributed by atoms with Crippen molar-refractivity contribution in [3.05, 3.63) is 35.1 Å². The molecule has 0 fully saturated rings. The zero-order chi connectivity index (χ0) is 14.0. The third kappa shape index (κ3) is 3.43. The molecule has 0 aliphatic carbocycles. The van der Waals surface area contributed by atoms with Crippen molar-refractivity contribution in [1.29, 1.82) is 0 Å². The van der Waals surface area contributed by atoms with Crippen molar-refractivity contribution in [3.8, 4) is 0 Å². The average Bonchev–Trinajstić information content (AvgIpc) is 2.24. The maximum Gasteiger partial charge on any atom is 0.419 e. The molecular formula is C12H15F4NO. The molecule has 0 aliphatic rings. The smallest absolute Gasteiger partial charge is 0.384 e. The van der Waals surface area contributed by atoms with Gasteiger partial charge < -0.3 is 10.4 Å². The summed E-state index contributed by atoms with van der Waals surface area (Å²) in [5.74, 6) is -1.38. The molecule has 1 rings (SSSR count). The minimum Gasteiger partial charge on any atom is -0.384 e. The lowest BCUT2D eigenvalue weighted by Gasteiger charge is -2.24. The van der Waals surface area contributed by atoms with E-state index in [9.17, 15) is 22.7 Å². The van der Waals surface area contributed by atoms with E-state index in [0.29, 0.717) is 12.6 Å². The molecule has 102 valence electrons. The maximum absolute atomic E-state index is 13.3. The largest absolute Gasteiger partial charge is 0.419 e. The van der Waals surface area contributed by atoms with Crippen LogP contribution < -0.4 is 5.32 Å². The predicted molar refractivity (Wildman–Crippen MR) is 59.5 cm³/mol. The van der Waals surface area contributed by atoms with Crippen molar-refractivity contribution in [3.63, 3.8) is 0 Å². The fourth-order valence-corrected chi connectivity index (χ4v) is 1.55. The topological polar surface area (TPSA) is 32.3 Å². The number of hydrogen-bond acceptors (Lipinski definition) is 2. The lowest BCUT2D eigenvalue weighted by Crippen LogP contribution is -2.35. The molecule has 1 unspecified atom stereocenters. The third-order valence-electron chi connectivity index (χ3n) is 2.62. The van der Waals surface area contributed by atoms with Crippen molar-refractivity contribution in [2.45, 2.75) is 25.6 Å². The molecular weight excluding hydrogens is 250 g/mol. The highest BCUT2D eigenvalue weighted by Gasteiger charge is 2.35. The Kier molecular flexibility index (Phi) is 4.34. The van der Waals surface area contributed by atoms with Crippen LogP contribution in [0.5, 0.6) is 0 Å². The van der Waals surface area contributed by atoms with Gasteiger partial charge in [0.1, 0.15) is 5.82 Å². The molecule has 6 heteroatoms. The molecule has 1 aromatic carbocycles. The quantitative estimate of drug-likeness (QED) is 0.820. The summed E-state index contributed by atoms with van der Waals surface area (Å²) in [6.07, 6.45) is -4.73. The Labute approximate surface area is 103 Å². The zero-order valence-corrected chi connectivity index (χ0v) is 10.1. The minimum atomic E-state index is -4.73. The predicted octanol–water partition coefficient (Wildman–Crippen LogP) is 2.66. The van der Waals surface area contributed by atoms with E-state index in [0.717, 1.165) is 12.1 Å². The van der Waals surface area contributed by atoms with Crippen LogP contribution in [0.15, 0.2) is 18.2 Å². The number of likely N-dealkylation sites (N-methyl/N-ethyl adjacent to an activating group) is 1. The second kappa shape index (κ2) is 5.24. The van der Waals surface area contributed by atoms with Gasteiger partial charge in [0.2, 0.25) is 0 Å². The Morgan fingerprint density at radius 3 is 2.33 bits per heavy atom. The van der Waals surface area contributed by atoms with E-state index in [1.165, 1.54) is 6.92 Å². The number of halogens is 4. The Morgan fingerprint density at radius 2 is 1.89 bits per heavy atom. The Balaban J connectivity index is 3.04. The van der Waals surface area contributed by atoms with Crippen molar-refractivity contribution in [2.75, 3.05) is 13.1 Å². The molecule has 1 atom stereocenters. The second-order valence-corrected chi connectivity index (χ2v) is 4.25. The summed E-state index contributed by atoms with van der Waals surface area (Å²) in [5.41, 5.74) is -2.64.